The topological polar surface area (TPSA) is 41.9 Å². The first-order valence-electron chi connectivity index (χ1n) is 4.26. The molecule has 0 fully saturated rings. The van der Waals surface area contributed by atoms with Crippen molar-refractivity contribution in [3.8, 4) is 0 Å². The highest BCUT2D eigenvalue weighted by Crippen LogP contribution is 2.16. The molecule has 0 aromatic carbocycles. The predicted octanol–water partition coefficient (Wildman–Crippen LogP) is 0.107. The highest BCUT2D eigenvalue weighted by molar-refractivity contribution is 5.34. The summed E-state index contributed by atoms with van der Waals surface area (Å²) in [5.41, 5.74) is 2.55. The zero-order valence-electron chi connectivity index (χ0n) is 7.52. The van der Waals surface area contributed by atoms with Gasteiger partial charge in [-0.25, -0.2) is 4.98 Å². The van der Waals surface area contributed by atoms with Crippen LogP contribution in [0.25, 0.3) is 0 Å². The summed E-state index contributed by atoms with van der Waals surface area (Å²) in [5.74, 6) is 0.962. The van der Waals surface area contributed by atoms with Crippen LogP contribution in [0.5, 0.6) is 0 Å². The molecule has 4 nitrogen and oxygen atoms in total. The van der Waals surface area contributed by atoms with E-state index in [2.05, 4.69) is 20.2 Å². The van der Waals surface area contributed by atoms with Crippen LogP contribution in [-0.4, -0.2) is 23.1 Å². The van der Waals surface area contributed by atoms with Gasteiger partial charge in [-0.1, -0.05) is 0 Å². The van der Waals surface area contributed by atoms with Gasteiger partial charge in [-0.05, 0) is 0 Å². The fourth-order valence-electron chi connectivity index (χ4n) is 1.65. The van der Waals surface area contributed by atoms with Gasteiger partial charge in [0.2, 0.25) is 5.95 Å². The van der Waals surface area contributed by atoms with Crippen LogP contribution in [0, 0.1) is 0 Å². The number of nitrogens with zero attached hydrogens (tertiary/aromatic N) is 2. The third-order valence-electron chi connectivity index (χ3n) is 2.35. The number of fused-ring (bicyclic) bond motifs is 1. The second-order valence-corrected chi connectivity index (χ2v) is 3.06. The van der Waals surface area contributed by atoms with Gasteiger partial charge in [0.05, 0.1) is 11.4 Å². The minimum atomic E-state index is 0.945. The zero-order chi connectivity index (χ0) is 8.55. The van der Waals surface area contributed by atoms with Crippen LogP contribution in [0.3, 0.4) is 0 Å². The molecule has 0 amide bonds. The number of anilines is 1. The maximum Gasteiger partial charge on any atom is 0.202 e. The van der Waals surface area contributed by atoms with Crippen molar-refractivity contribution in [3.63, 3.8) is 0 Å². The summed E-state index contributed by atoms with van der Waals surface area (Å²) in [6, 6.07) is 0. The summed E-state index contributed by atoms with van der Waals surface area (Å²) >= 11 is 0. The summed E-state index contributed by atoms with van der Waals surface area (Å²) in [7, 11) is 3.95. The standard InChI is InChI=1S/C8H14N4/c1-9-8-11-6-3-4-10-5-7(6)12(8)2/h10H,3-5H2,1-2H3,(H,9,11). The number of nitrogens with one attached hydrogen (secondary N) is 2. The lowest BCUT2D eigenvalue weighted by Gasteiger charge is -2.12. The summed E-state index contributed by atoms with van der Waals surface area (Å²) in [4.78, 5) is 4.48. The van der Waals surface area contributed by atoms with Gasteiger partial charge in [0, 0.05) is 33.6 Å². The van der Waals surface area contributed by atoms with E-state index in [1.807, 2.05) is 14.1 Å². The van der Waals surface area contributed by atoms with Crippen molar-refractivity contribution in [1.29, 1.82) is 0 Å². The van der Waals surface area contributed by atoms with E-state index >= 15 is 0 Å². The Balaban J connectivity index is 2.44. The maximum atomic E-state index is 4.48. The SMILES string of the molecule is CNc1nc2c(n1C)CNCC2. The van der Waals surface area contributed by atoms with Crippen molar-refractivity contribution < 1.29 is 0 Å². The Morgan fingerprint density at radius 1 is 1.58 bits per heavy atom. The molecule has 0 atom stereocenters. The van der Waals surface area contributed by atoms with Crippen LogP contribution in [0.2, 0.25) is 0 Å². The molecular weight excluding hydrogens is 152 g/mol. The van der Waals surface area contributed by atoms with Crippen LogP contribution in [0.1, 0.15) is 11.4 Å². The Kier molecular flexibility index (Phi) is 1.77. The van der Waals surface area contributed by atoms with E-state index in [1.165, 1.54) is 11.4 Å². The summed E-state index contributed by atoms with van der Waals surface area (Å²) in [6.07, 6.45) is 1.05. The molecule has 66 valence electrons. The van der Waals surface area contributed by atoms with Gasteiger partial charge < -0.3 is 15.2 Å². The van der Waals surface area contributed by atoms with Crippen LogP contribution in [0.15, 0.2) is 0 Å². The van der Waals surface area contributed by atoms with E-state index < -0.39 is 0 Å². The number of hydrogen-bond acceptors (Lipinski definition) is 3. The first kappa shape index (κ1) is 7.61. The van der Waals surface area contributed by atoms with E-state index in [-0.39, 0.29) is 0 Å². The average molecular weight is 166 g/mol. The predicted molar refractivity (Wildman–Crippen MR) is 48.2 cm³/mol. The Bertz CT molecular complexity index is 289. The molecule has 0 aliphatic carbocycles. The first-order chi connectivity index (χ1) is 5.83. The van der Waals surface area contributed by atoms with Crippen molar-refractivity contribution >= 4 is 5.95 Å². The molecule has 0 saturated carbocycles. The molecule has 0 saturated heterocycles. The van der Waals surface area contributed by atoms with Crippen molar-refractivity contribution in [2.24, 2.45) is 7.05 Å². The molecule has 4 heteroatoms. The van der Waals surface area contributed by atoms with Crippen molar-refractivity contribution in [2.75, 3.05) is 18.9 Å². The number of aromatic nitrogens is 2. The third-order valence-corrected chi connectivity index (χ3v) is 2.35. The molecule has 0 bridgehead atoms. The molecule has 1 aliphatic heterocycles. The number of imidazole rings is 1. The van der Waals surface area contributed by atoms with E-state index in [1.54, 1.807) is 0 Å². The third kappa shape index (κ3) is 0.992. The second kappa shape index (κ2) is 2.79. The van der Waals surface area contributed by atoms with Crippen LogP contribution >= 0.6 is 0 Å². The van der Waals surface area contributed by atoms with Gasteiger partial charge in [-0.3, -0.25) is 0 Å². The second-order valence-electron chi connectivity index (χ2n) is 3.06. The van der Waals surface area contributed by atoms with Crippen molar-refractivity contribution in [3.05, 3.63) is 11.4 Å². The van der Waals surface area contributed by atoms with Gasteiger partial charge in [-0.2, -0.15) is 0 Å². The van der Waals surface area contributed by atoms with Crippen LogP contribution < -0.4 is 10.6 Å². The first-order valence-corrected chi connectivity index (χ1v) is 4.26. The monoisotopic (exact) mass is 166 g/mol. The molecule has 2 rings (SSSR count). The minimum absolute atomic E-state index is 0.945. The lowest BCUT2D eigenvalue weighted by atomic mass is 10.2. The Hall–Kier alpha value is -1.03. The van der Waals surface area contributed by atoms with Gasteiger partial charge in [0.25, 0.3) is 0 Å². The quantitative estimate of drug-likeness (QED) is 0.622. The van der Waals surface area contributed by atoms with E-state index in [0.29, 0.717) is 0 Å². The fraction of sp³-hybridized carbons (Fsp3) is 0.625. The zero-order valence-corrected chi connectivity index (χ0v) is 7.52. The maximum absolute atomic E-state index is 4.48. The molecule has 1 aromatic rings. The lowest BCUT2D eigenvalue weighted by Crippen LogP contribution is -2.24. The van der Waals surface area contributed by atoms with E-state index in [0.717, 1.165) is 25.5 Å². The van der Waals surface area contributed by atoms with Gasteiger partial charge in [0.1, 0.15) is 0 Å². The summed E-state index contributed by atoms with van der Waals surface area (Å²) in [5, 5.41) is 6.41. The highest BCUT2D eigenvalue weighted by Gasteiger charge is 2.16. The van der Waals surface area contributed by atoms with Crippen LogP contribution in [-0.2, 0) is 20.0 Å². The molecule has 0 radical (unpaired) electrons. The normalized spacial score (nSPS) is 15.8. The molecule has 0 unspecified atom stereocenters. The molecule has 2 heterocycles. The molecule has 1 aromatic heterocycles. The minimum Gasteiger partial charge on any atom is -0.359 e. The Labute approximate surface area is 72.0 Å². The smallest absolute Gasteiger partial charge is 0.202 e. The van der Waals surface area contributed by atoms with Crippen molar-refractivity contribution in [2.45, 2.75) is 13.0 Å². The van der Waals surface area contributed by atoms with Crippen LogP contribution in [0.4, 0.5) is 5.95 Å². The van der Waals surface area contributed by atoms with E-state index in [4.69, 9.17) is 0 Å². The van der Waals surface area contributed by atoms with Gasteiger partial charge >= 0.3 is 0 Å². The van der Waals surface area contributed by atoms with Gasteiger partial charge in [-0.15, -0.1) is 0 Å². The van der Waals surface area contributed by atoms with Gasteiger partial charge in [0.15, 0.2) is 0 Å². The van der Waals surface area contributed by atoms with Crippen molar-refractivity contribution in [1.82, 2.24) is 14.9 Å². The Morgan fingerprint density at radius 3 is 3.08 bits per heavy atom. The molecular formula is C8H14N4. The molecule has 0 spiro atoms. The summed E-state index contributed by atoms with van der Waals surface area (Å²) in [6.45, 7) is 1.99. The molecule has 1 aliphatic rings. The lowest BCUT2D eigenvalue weighted by molar-refractivity contribution is 0.607. The fourth-order valence-corrected chi connectivity index (χ4v) is 1.65. The highest BCUT2D eigenvalue weighted by atomic mass is 15.2. The molecule has 12 heavy (non-hydrogen) atoms. The van der Waals surface area contributed by atoms with E-state index in [9.17, 15) is 0 Å². The largest absolute Gasteiger partial charge is 0.359 e. The number of hydrogen-bond donors (Lipinski definition) is 2. The summed E-state index contributed by atoms with van der Waals surface area (Å²) < 4.78 is 2.11. The Morgan fingerprint density at radius 2 is 2.42 bits per heavy atom. The molecule has 2 N–H and O–H groups in total. The average Bonchev–Trinajstić information content (AvgIpc) is 2.44. The number of rotatable bonds is 1.